The highest BCUT2D eigenvalue weighted by Gasteiger charge is 2.27. The molecule has 0 spiro atoms. The Kier molecular flexibility index (Phi) is 11.3. The van der Waals surface area contributed by atoms with Crippen LogP contribution in [0.1, 0.15) is 27.7 Å². The molecule has 1 aromatic carbocycles. The summed E-state index contributed by atoms with van der Waals surface area (Å²) in [4.78, 5) is 23.1. The summed E-state index contributed by atoms with van der Waals surface area (Å²) < 4.78 is 80.6. The molecule has 0 radical (unpaired) electrons. The Morgan fingerprint density at radius 2 is 1.32 bits per heavy atom. The summed E-state index contributed by atoms with van der Waals surface area (Å²) in [5, 5.41) is 0. The SMILES string of the molecule is COc1ccccc1OCC(COS(=O)(=O)NC(=O)OC(C)C)OS(=O)(=O)NC(=O)OC(C)C. The minimum atomic E-state index is -4.78. The molecule has 0 aliphatic rings. The molecule has 2 N–H and O–H groups in total. The lowest BCUT2D eigenvalue weighted by Gasteiger charge is -2.19. The van der Waals surface area contributed by atoms with Crippen molar-refractivity contribution in [3.63, 3.8) is 0 Å². The Bertz CT molecular complexity index is 1030. The zero-order chi connectivity index (χ0) is 25.9. The first-order valence-corrected chi connectivity index (χ1v) is 12.6. The van der Waals surface area contributed by atoms with Crippen molar-refractivity contribution >= 4 is 32.8 Å². The van der Waals surface area contributed by atoms with Crippen molar-refractivity contribution in [3.8, 4) is 11.5 Å². The summed E-state index contributed by atoms with van der Waals surface area (Å²) in [5.41, 5.74) is 0. The van der Waals surface area contributed by atoms with Crippen molar-refractivity contribution in [1.82, 2.24) is 9.44 Å². The van der Waals surface area contributed by atoms with Gasteiger partial charge in [0.2, 0.25) is 0 Å². The van der Waals surface area contributed by atoms with Crippen molar-refractivity contribution in [3.05, 3.63) is 24.3 Å². The van der Waals surface area contributed by atoms with Gasteiger partial charge in [-0.25, -0.2) is 13.8 Å². The summed E-state index contributed by atoms with van der Waals surface area (Å²) in [6.07, 6.45) is -5.45. The number of nitrogens with one attached hydrogen (secondary N) is 2. The largest absolute Gasteiger partial charge is 0.493 e. The Labute approximate surface area is 198 Å². The first-order valence-electron chi connectivity index (χ1n) is 9.78. The number of rotatable bonds is 13. The van der Waals surface area contributed by atoms with Crippen LogP contribution >= 0.6 is 0 Å². The molecule has 34 heavy (non-hydrogen) atoms. The van der Waals surface area contributed by atoms with Gasteiger partial charge in [0.1, 0.15) is 12.7 Å². The maximum atomic E-state index is 12.2. The summed E-state index contributed by atoms with van der Waals surface area (Å²) >= 11 is 0. The molecular weight excluding hydrogens is 500 g/mol. The molecule has 1 atom stereocenters. The summed E-state index contributed by atoms with van der Waals surface area (Å²) in [7, 11) is -8.10. The topological polar surface area (TPSA) is 182 Å². The monoisotopic (exact) mass is 528 g/mol. The molecule has 14 nitrogen and oxygen atoms in total. The fourth-order valence-electron chi connectivity index (χ4n) is 2.10. The van der Waals surface area contributed by atoms with Crippen molar-refractivity contribution in [2.24, 2.45) is 0 Å². The number of hydrogen-bond acceptors (Lipinski definition) is 12. The van der Waals surface area contributed by atoms with Gasteiger partial charge in [-0.15, -0.1) is 0 Å². The Morgan fingerprint density at radius 3 is 1.82 bits per heavy atom. The number of benzene rings is 1. The van der Waals surface area contributed by atoms with E-state index in [1.807, 2.05) is 0 Å². The molecule has 0 fully saturated rings. The molecule has 0 heterocycles. The van der Waals surface area contributed by atoms with E-state index >= 15 is 0 Å². The van der Waals surface area contributed by atoms with Gasteiger partial charge in [0.25, 0.3) is 0 Å². The van der Waals surface area contributed by atoms with E-state index in [-0.39, 0.29) is 5.75 Å². The van der Waals surface area contributed by atoms with E-state index in [1.165, 1.54) is 50.3 Å². The maximum Gasteiger partial charge on any atom is 0.422 e. The highest BCUT2D eigenvalue weighted by atomic mass is 32.2. The zero-order valence-electron chi connectivity index (χ0n) is 19.2. The number of hydrogen-bond donors (Lipinski definition) is 2. The van der Waals surface area contributed by atoms with Crippen molar-refractivity contribution in [1.29, 1.82) is 0 Å². The Morgan fingerprint density at radius 1 is 0.824 bits per heavy atom. The van der Waals surface area contributed by atoms with Crippen LogP contribution in [0.2, 0.25) is 0 Å². The van der Waals surface area contributed by atoms with Crippen LogP contribution in [0.5, 0.6) is 11.5 Å². The molecule has 0 bridgehead atoms. The normalized spacial score (nSPS) is 12.7. The van der Waals surface area contributed by atoms with E-state index in [1.54, 1.807) is 18.2 Å². The summed E-state index contributed by atoms with van der Waals surface area (Å²) in [5.74, 6) is 0.485. The fourth-order valence-corrected chi connectivity index (χ4v) is 3.51. The van der Waals surface area contributed by atoms with Gasteiger partial charge < -0.3 is 18.9 Å². The number of para-hydroxylation sites is 2. The van der Waals surface area contributed by atoms with E-state index < -0.39 is 64.3 Å². The van der Waals surface area contributed by atoms with Crippen LogP contribution < -0.4 is 18.9 Å². The van der Waals surface area contributed by atoms with E-state index in [9.17, 15) is 26.4 Å². The van der Waals surface area contributed by atoms with Gasteiger partial charge in [0, 0.05) is 0 Å². The van der Waals surface area contributed by atoms with Gasteiger partial charge in [-0.3, -0.25) is 4.18 Å². The molecule has 0 saturated heterocycles. The third kappa shape index (κ3) is 11.9. The average Bonchev–Trinajstić information content (AvgIpc) is 2.67. The number of carbonyl (C=O) groups is 2. The van der Waals surface area contributed by atoms with E-state index in [0.29, 0.717) is 5.75 Å². The average molecular weight is 529 g/mol. The highest BCUT2D eigenvalue weighted by Crippen LogP contribution is 2.26. The van der Waals surface area contributed by atoms with Crippen molar-refractivity contribution in [2.45, 2.75) is 46.0 Å². The first kappa shape index (κ1) is 29.2. The molecule has 0 saturated carbocycles. The van der Waals surface area contributed by atoms with Crippen LogP contribution in [0.15, 0.2) is 24.3 Å². The molecular formula is C18H28N2O12S2. The van der Waals surface area contributed by atoms with Gasteiger partial charge in [-0.05, 0) is 39.8 Å². The van der Waals surface area contributed by atoms with Crippen LogP contribution in [-0.4, -0.2) is 67.7 Å². The molecule has 2 amide bonds. The van der Waals surface area contributed by atoms with Gasteiger partial charge in [-0.2, -0.15) is 26.3 Å². The van der Waals surface area contributed by atoms with Gasteiger partial charge in [0.15, 0.2) is 11.5 Å². The zero-order valence-corrected chi connectivity index (χ0v) is 20.8. The second-order valence-corrected chi connectivity index (χ2v) is 9.64. The smallest absolute Gasteiger partial charge is 0.422 e. The molecule has 1 rings (SSSR count). The second-order valence-electron chi connectivity index (χ2n) is 6.99. The molecule has 0 aliphatic carbocycles. The quantitative estimate of drug-likeness (QED) is 0.374. The van der Waals surface area contributed by atoms with E-state index in [2.05, 4.69) is 13.7 Å². The van der Waals surface area contributed by atoms with Crippen molar-refractivity contribution < 1.29 is 53.7 Å². The Balaban J connectivity index is 2.93. The summed E-state index contributed by atoms with van der Waals surface area (Å²) in [6, 6.07) is 6.34. The lowest BCUT2D eigenvalue weighted by Crippen LogP contribution is -2.41. The molecule has 0 aromatic heterocycles. The second kappa shape index (κ2) is 13.2. The van der Waals surface area contributed by atoms with Crippen LogP contribution in [0.25, 0.3) is 0 Å². The third-order valence-corrected chi connectivity index (χ3v) is 5.07. The van der Waals surface area contributed by atoms with Gasteiger partial charge in [0.05, 0.1) is 25.9 Å². The minimum absolute atomic E-state index is 0.185. The minimum Gasteiger partial charge on any atom is -0.493 e. The number of ether oxygens (including phenoxy) is 4. The predicted octanol–water partition coefficient (Wildman–Crippen LogP) is 1.23. The molecule has 16 heteroatoms. The van der Waals surface area contributed by atoms with E-state index in [0.717, 1.165) is 0 Å². The first-order chi connectivity index (χ1) is 15.7. The lowest BCUT2D eigenvalue weighted by atomic mass is 10.3. The molecule has 194 valence electrons. The molecule has 1 aromatic rings. The van der Waals surface area contributed by atoms with E-state index in [4.69, 9.17) is 13.7 Å². The number of amides is 2. The highest BCUT2D eigenvalue weighted by molar-refractivity contribution is 7.85. The fraction of sp³-hybridized carbons (Fsp3) is 0.556. The molecule has 0 aliphatic heterocycles. The third-order valence-electron chi connectivity index (χ3n) is 3.27. The van der Waals surface area contributed by atoms with Crippen LogP contribution in [-0.2, 0) is 38.4 Å². The lowest BCUT2D eigenvalue weighted by molar-refractivity contribution is 0.0814. The van der Waals surface area contributed by atoms with Crippen LogP contribution in [0.3, 0.4) is 0 Å². The van der Waals surface area contributed by atoms with Gasteiger partial charge >= 0.3 is 32.8 Å². The van der Waals surface area contributed by atoms with Gasteiger partial charge in [-0.1, -0.05) is 12.1 Å². The number of methoxy groups -OCH3 is 1. The standard InChI is InChI=1S/C18H28N2O12S2/c1-12(2)30-17(21)19-33(23,24)29-11-14(10-28-16-9-7-6-8-15(16)27-5)32-34(25,26)20-18(22)31-13(3)4/h6-9,12-14H,10-11H2,1-5H3,(H,19,21)(H,20,22). The predicted molar refractivity (Wildman–Crippen MR) is 117 cm³/mol. The molecule has 1 unspecified atom stereocenters. The summed E-state index contributed by atoms with van der Waals surface area (Å²) in [6.45, 7) is 4.48. The maximum absolute atomic E-state index is 12.2. The van der Waals surface area contributed by atoms with Crippen molar-refractivity contribution in [2.75, 3.05) is 20.3 Å². The van der Waals surface area contributed by atoms with Crippen LogP contribution in [0, 0.1) is 0 Å². The number of carbonyl (C=O) groups excluding carboxylic acids is 2. The Hall–Kier alpha value is -2.82. The van der Waals surface area contributed by atoms with Crippen LogP contribution in [0.4, 0.5) is 9.59 Å².